The van der Waals surface area contributed by atoms with Crippen molar-refractivity contribution in [2.45, 2.75) is 13.0 Å². The van der Waals surface area contributed by atoms with Crippen molar-refractivity contribution in [3.05, 3.63) is 41.9 Å². The van der Waals surface area contributed by atoms with E-state index in [9.17, 15) is 4.79 Å². The van der Waals surface area contributed by atoms with Gasteiger partial charge in [-0.2, -0.15) is 0 Å². The van der Waals surface area contributed by atoms with E-state index in [4.69, 9.17) is 5.11 Å². The molecule has 94 valence electrons. The molecule has 1 heterocycles. The van der Waals surface area contributed by atoms with Gasteiger partial charge in [0.2, 0.25) is 0 Å². The zero-order valence-electron chi connectivity index (χ0n) is 10.3. The predicted molar refractivity (Wildman–Crippen MR) is 68.2 cm³/mol. The molecule has 0 aliphatic heterocycles. The molecule has 0 spiro atoms. The lowest BCUT2D eigenvalue weighted by molar-refractivity contribution is -0.139. The van der Waals surface area contributed by atoms with E-state index in [1.54, 1.807) is 13.2 Å². The minimum atomic E-state index is -0.956. The van der Waals surface area contributed by atoms with Gasteiger partial charge in [0, 0.05) is 0 Å². The highest BCUT2D eigenvalue weighted by atomic mass is 16.4. The third-order valence-electron chi connectivity index (χ3n) is 2.73. The van der Waals surface area contributed by atoms with Gasteiger partial charge in [0.25, 0.3) is 0 Å². The van der Waals surface area contributed by atoms with Crippen molar-refractivity contribution >= 4 is 5.97 Å². The maximum Gasteiger partial charge on any atom is 0.328 e. The van der Waals surface area contributed by atoms with Crippen LogP contribution in [0.5, 0.6) is 0 Å². The lowest BCUT2D eigenvalue weighted by atomic mass is 10.1. The molecule has 1 aromatic heterocycles. The van der Waals surface area contributed by atoms with Crippen LogP contribution in [0, 0.1) is 6.92 Å². The Bertz CT molecular complexity index is 563. The number of imidazole rings is 1. The van der Waals surface area contributed by atoms with Crippen LogP contribution >= 0.6 is 0 Å². The van der Waals surface area contributed by atoms with E-state index in [0.717, 1.165) is 16.8 Å². The van der Waals surface area contributed by atoms with Gasteiger partial charge < -0.3 is 15.4 Å². The maximum absolute atomic E-state index is 11.0. The number of aromatic nitrogens is 2. The van der Waals surface area contributed by atoms with Crippen molar-refractivity contribution in [1.29, 1.82) is 0 Å². The van der Waals surface area contributed by atoms with Gasteiger partial charge in [0.05, 0.1) is 11.9 Å². The molecular weight excluding hydrogens is 230 g/mol. The van der Waals surface area contributed by atoms with Gasteiger partial charge in [0.1, 0.15) is 5.82 Å². The number of likely N-dealkylation sites (N-methyl/N-ethyl adjacent to an activating group) is 1. The molecule has 5 heteroatoms. The second kappa shape index (κ2) is 5.01. The van der Waals surface area contributed by atoms with Gasteiger partial charge in [-0.3, -0.25) is 4.79 Å². The summed E-state index contributed by atoms with van der Waals surface area (Å²) >= 11 is 0. The second-order valence-electron chi connectivity index (χ2n) is 4.11. The zero-order valence-corrected chi connectivity index (χ0v) is 10.3. The van der Waals surface area contributed by atoms with Gasteiger partial charge in [-0.1, -0.05) is 23.8 Å². The Morgan fingerprint density at radius 1 is 1.50 bits per heavy atom. The number of carboxylic acids is 1. The summed E-state index contributed by atoms with van der Waals surface area (Å²) in [5.41, 5.74) is 2.95. The molecule has 0 saturated carbocycles. The van der Waals surface area contributed by atoms with Gasteiger partial charge >= 0.3 is 5.97 Å². The van der Waals surface area contributed by atoms with Gasteiger partial charge in [-0.15, -0.1) is 0 Å². The number of hydrogen-bond donors (Lipinski definition) is 3. The molecule has 3 N–H and O–H groups in total. The average Bonchev–Trinajstić information content (AvgIpc) is 2.79. The Hall–Kier alpha value is -2.14. The number of nitrogens with one attached hydrogen (secondary N) is 2. The highest BCUT2D eigenvalue weighted by Gasteiger charge is 2.20. The normalized spacial score (nSPS) is 12.3. The summed E-state index contributed by atoms with van der Waals surface area (Å²) in [6.45, 7) is 2.01. The van der Waals surface area contributed by atoms with E-state index in [0.29, 0.717) is 5.82 Å². The maximum atomic E-state index is 11.0. The van der Waals surface area contributed by atoms with E-state index in [1.165, 1.54) is 0 Å². The van der Waals surface area contributed by atoms with Crippen LogP contribution < -0.4 is 5.32 Å². The molecule has 0 saturated heterocycles. The van der Waals surface area contributed by atoms with Crippen LogP contribution in [0.1, 0.15) is 17.4 Å². The van der Waals surface area contributed by atoms with Crippen LogP contribution in [0.2, 0.25) is 0 Å². The standard InChI is InChI=1S/C13H15N3O2/c1-8-4-3-5-9(6-8)10-7-15-12(16-10)11(14-2)13(17)18/h3-7,11,14H,1-2H3,(H,15,16)(H,17,18). The average molecular weight is 245 g/mol. The number of carbonyl (C=O) groups is 1. The largest absolute Gasteiger partial charge is 0.480 e. The first-order valence-corrected chi connectivity index (χ1v) is 5.64. The van der Waals surface area contributed by atoms with Crippen molar-refractivity contribution in [2.75, 3.05) is 7.05 Å². The number of carboxylic acid groups (broad SMARTS) is 1. The third-order valence-corrected chi connectivity index (χ3v) is 2.73. The van der Waals surface area contributed by atoms with Crippen LogP contribution in [0.15, 0.2) is 30.5 Å². The number of rotatable bonds is 4. The topological polar surface area (TPSA) is 78.0 Å². The van der Waals surface area contributed by atoms with E-state index < -0.39 is 12.0 Å². The van der Waals surface area contributed by atoms with Crippen molar-refractivity contribution in [1.82, 2.24) is 15.3 Å². The summed E-state index contributed by atoms with van der Waals surface area (Å²) in [5, 5.41) is 11.7. The molecule has 0 fully saturated rings. The monoisotopic (exact) mass is 245 g/mol. The molecule has 0 amide bonds. The van der Waals surface area contributed by atoms with E-state index in [1.807, 2.05) is 31.2 Å². The molecule has 5 nitrogen and oxygen atoms in total. The fourth-order valence-electron chi connectivity index (χ4n) is 1.82. The predicted octanol–water partition coefficient (Wildman–Crippen LogP) is 1.73. The minimum absolute atomic E-state index is 0.404. The first kappa shape index (κ1) is 12.3. The molecular formula is C13H15N3O2. The smallest absolute Gasteiger partial charge is 0.328 e. The van der Waals surface area contributed by atoms with Crippen molar-refractivity contribution in [2.24, 2.45) is 0 Å². The van der Waals surface area contributed by atoms with Crippen LogP contribution in [0.25, 0.3) is 11.3 Å². The van der Waals surface area contributed by atoms with Crippen molar-refractivity contribution in [3.8, 4) is 11.3 Å². The first-order chi connectivity index (χ1) is 8.61. The number of nitrogens with zero attached hydrogens (tertiary/aromatic N) is 1. The summed E-state index contributed by atoms with van der Waals surface area (Å²) < 4.78 is 0. The molecule has 1 atom stereocenters. The minimum Gasteiger partial charge on any atom is -0.480 e. The number of aryl methyl sites for hydroxylation is 1. The fraction of sp³-hybridized carbons (Fsp3) is 0.231. The molecule has 1 unspecified atom stereocenters. The quantitative estimate of drug-likeness (QED) is 0.766. The SMILES string of the molecule is CNC(C(=O)O)c1ncc(-c2cccc(C)c2)[nH]1. The molecule has 2 rings (SSSR count). The van der Waals surface area contributed by atoms with Crippen LogP contribution in [-0.4, -0.2) is 28.1 Å². The second-order valence-corrected chi connectivity index (χ2v) is 4.11. The Balaban J connectivity index is 2.33. The third kappa shape index (κ3) is 2.41. The fourth-order valence-corrected chi connectivity index (χ4v) is 1.82. The summed E-state index contributed by atoms with van der Waals surface area (Å²) in [6, 6.07) is 7.13. The Kier molecular flexibility index (Phi) is 3.43. The zero-order chi connectivity index (χ0) is 13.1. The Labute approximate surface area is 105 Å². The Morgan fingerprint density at radius 3 is 2.89 bits per heavy atom. The molecule has 0 radical (unpaired) electrons. The summed E-state index contributed by atoms with van der Waals surface area (Å²) in [7, 11) is 1.59. The number of aliphatic carboxylic acids is 1. The highest BCUT2D eigenvalue weighted by molar-refractivity contribution is 5.74. The van der Waals surface area contributed by atoms with E-state index in [-0.39, 0.29) is 0 Å². The van der Waals surface area contributed by atoms with E-state index >= 15 is 0 Å². The van der Waals surface area contributed by atoms with Gasteiger partial charge in [-0.25, -0.2) is 4.98 Å². The lowest BCUT2D eigenvalue weighted by Crippen LogP contribution is -2.26. The molecule has 2 aromatic rings. The summed E-state index contributed by atoms with van der Waals surface area (Å²) in [4.78, 5) is 18.2. The van der Waals surface area contributed by atoms with Gasteiger partial charge in [0.15, 0.2) is 6.04 Å². The number of hydrogen-bond acceptors (Lipinski definition) is 3. The summed E-state index contributed by atoms with van der Waals surface area (Å²) in [6.07, 6.45) is 1.65. The van der Waals surface area contributed by atoms with E-state index in [2.05, 4.69) is 15.3 Å². The Morgan fingerprint density at radius 2 is 2.28 bits per heavy atom. The lowest BCUT2D eigenvalue weighted by Gasteiger charge is -2.07. The molecule has 0 bridgehead atoms. The first-order valence-electron chi connectivity index (χ1n) is 5.64. The van der Waals surface area contributed by atoms with Crippen molar-refractivity contribution in [3.63, 3.8) is 0 Å². The molecule has 0 aliphatic rings. The van der Waals surface area contributed by atoms with Crippen LogP contribution in [0.4, 0.5) is 0 Å². The highest BCUT2D eigenvalue weighted by Crippen LogP contribution is 2.20. The van der Waals surface area contributed by atoms with Crippen molar-refractivity contribution < 1.29 is 9.90 Å². The van der Waals surface area contributed by atoms with Gasteiger partial charge in [-0.05, 0) is 25.6 Å². The van der Waals surface area contributed by atoms with Crippen LogP contribution in [-0.2, 0) is 4.79 Å². The van der Waals surface area contributed by atoms with Crippen LogP contribution in [0.3, 0.4) is 0 Å². The number of H-pyrrole nitrogens is 1. The number of aromatic amines is 1. The number of benzene rings is 1. The molecule has 0 aliphatic carbocycles. The summed E-state index contributed by atoms with van der Waals surface area (Å²) in [5.74, 6) is -0.552. The molecule has 18 heavy (non-hydrogen) atoms. The molecule has 1 aromatic carbocycles.